The molecule has 160 valence electrons. The summed E-state index contributed by atoms with van der Waals surface area (Å²) >= 11 is 0. The highest BCUT2D eigenvalue weighted by atomic mass is 15.4. The normalized spacial score (nSPS) is 26.1. The van der Waals surface area contributed by atoms with E-state index in [-0.39, 0.29) is 0 Å². The van der Waals surface area contributed by atoms with Gasteiger partial charge in [0.25, 0.3) is 0 Å². The number of piperidine rings is 1. The molecule has 0 amide bonds. The number of rotatable bonds is 4. The van der Waals surface area contributed by atoms with Gasteiger partial charge in [0.05, 0.1) is 6.04 Å². The molecule has 5 rings (SSSR count). The molecule has 0 bridgehead atoms. The van der Waals surface area contributed by atoms with Crippen molar-refractivity contribution in [3.05, 3.63) is 70.3 Å². The lowest BCUT2D eigenvalue weighted by Crippen LogP contribution is -2.47. The van der Waals surface area contributed by atoms with E-state index < -0.39 is 0 Å². The number of nitrogens with one attached hydrogen (secondary N) is 2. The lowest BCUT2D eigenvalue weighted by Gasteiger charge is -2.41. The van der Waals surface area contributed by atoms with E-state index in [4.69, 9.17) is 0 Å². The van der Waals surface area contributed by atoms with Crippen molar-refractivity contribution < 1.29 is 0 Å². The summed E-state index contributed by atoms with van der Waals surface area (Å²) in [5.41, 5.74) is 14.3. The molecule has 3 aliphatic rings. The molecule has 0 radical (unpaired) electrons. The Bertz CT molecular complexity index is 871. The minimum absolute atomic E-state index is 0.417. The van der Waals surface area contributed by atoms with Crippen LogP contribution in [-0.4, -0.2) is 48.6 Å². The van der Waals surface area contributed by atoms with Gasteiger partial charge in [0.2, 0.25) is 0 Å². The zero-order valence-electron chi connectivity index (χ0n) is 18.5. The third-order valence-corrected chi connectivity index (χ3v) is 7.71. The molecule has 2 N–H and O–H groups in total. The highest BCUT2D eigenvalue weighted by molar-refractivity contribution is 5.32. The predicted molar refractivity (Wildman–Crippen MR) is 123 cm³/mol. The summed E-state index contributed by atoms with van der Waals surface area (Å²) in [6.07, 6.45) is 3.83. The second-order valence-corrected chi connectivity index (χ2v) is 9.63. The molecule has 2 aromatic carbocycles. The molecule has 0 spiro atoms. The van der Waals surface area contributed by atoms with Gasteiger partial charge in [-0.25, -0.2) is 5.43 Å². The largest absolute Gasteiger partial charge is 0.303 e. The van der Waals surface area contributed by atoms with Crippen molar-refractivity contribution >= 4 is 0 Å². The molecule has 2 atom stereocenters. The van der Waals surface area contributed by atoms with Crippen LogP contribution in [-0.2, 0) is 13.0 Å². The molecule has 2 unspecified atom stereocenters. The highest BCUT2D eigenvalue weighted by Gasteiger charge is 2.32. The van der Waals surface area contributed by atoms with Crippen LogP contribution in [0, 0.1) is 19.8 Å². The van der Waals surface area contributed by atoms with Gasteiger partial charge in [0.15, 0.2) is 0 Å². The van der Waals surface area contributed by atoms with Crippen LogP contribution in [0.5, 0.6) is 0 Å². The van der Waals surface area contributed by atoms with Gasteiger partial charge in [-0.2, -0.15) is 0 Å². The number of likely N-dealkylation sites (tertiary alicyclic amines) is 1. The third-order valence-electron chi connectivity index (χ3n) is 7.71. The van der Waals surface area contributed by atoms with Crippen LogP contribution in [0.2, 0.25) is 0 Å². The van der Waals surface area contributed by atoms with Crippen LogP contribution < -0.4 is 10.9 Å². The number of nitrogens with zero attached hydrogens (tertiary/aromatic N) is 2. The first-order chi connectivity index (χ1) is 14.7. The van der Waals surface area contributed by atoms with Gasteiger partial charge < -0.3 is 4.90 Å². The number of hydrazine groups is 1. The fourth-order valence-corrected chi connectivity index (χ4v) is 5.65. The Hall–Kier alpha value is -1.72. The summed E-state index contributed by atoms with van der Waals surface area (Å²) < 4.78 is 0. The third kappa shape index (κ3) is 4.19. The van der Waals surface area contributed by atoms with Crippen LogP contribution in [0.25, 0.3) is 0 Å². The van der Waals surface area contributed by atoms with E-state index >= 15 is 0 Å². The van der Waals surface area contributed by atoms with Crippen LogP contribution >= 0.6 is 0 Å². The van der Waals surface area contributed by atoms with Crippen LogP contribution in [0.15, 0.2) is 42.5 Å². The Morgan fingerprint density at radius 3 is 2.53 bits per heavy atom. The zero-order chi connectivity index (χ0) is 20.5. The first-order valence-electron chi connectivity index (χ1n) is 11.8. The minimum Gasteiger partial charge on any atom is -0.303 e. The lowest BCUT2D eigenvalue weighted by molar-refractivity contribution is 0.0896. The van der Waals surface area contributed by atoms with Crippen molar-refractivity contribution in [2.24, 2.45) is 5.92 Å². The smallest absolute Gasteiger partial charge is 0.0515 e. The van der Waals surface area contributed by atoms with Gasteiger partial charge in [-0.15, -0.1) is 0 Å². The van der Waals surface area contributed by atoms with E-state index in [1.165, 1.54) is 62.1 Å². The zero-order valence-corrected chi connectivity index (χ0v) is 18.5. The van der Waals surface area contributed by atoms with Crippen molar-refractivity contribution in [2.45, 2.75) is 51.7 Å². The number of benzene rings is 2. The Kier molecular flexibility index (Phi) is 5.92. The molecule has 2 aromatic rings. The quantitative estimate of drug-likeness (QED) is 0.815. The molecule has 3 aliphatic heterocycles. The molecule has 4 heteroatoms. The second-order valence-electron chi connectivity index (χ2n) is 9.63. The fourth-order valence-electron chi connectivity index (χ4n) is 5.65. The molecule has 0 aliphatic carbocycles. The summed E-state index contributed by atoms with van der Waals surface area (Å²) in [5, 5.41) is 0. The number of hydrogen-bond acceptors (Lipinski definition) is 4. The number of aryl methyl sites for hydroxylation is 2. The average molecular weight is 405 g/mol. The Morgan fingerprint density at radius 1 is 0.933 bits per heavy atom. The van der Waals surface area contributed by atoms with Gasteiger partial charge in [0, 0.05) is 38.1 Å². The Labute approximate surface area is 181 Å². The van der Waals surface area contributed by atoms with Crippen molar-refractivity contribution in [1.29, 1.82) is 0 Å². The average Bonchev–Trinajstić information content (AvgIpc) is 3.24. The van der Waals surface area contributed by atoms with E-state index in [0.717, 1.165) is 19.1 Å². The van der Waals surface area contributed by atoms with E-state index in [0.29, 0.717) is 12.0 Å². The molecular formula is C26H36N4. The van der Waals surface area contributed by atoms with E-state index in [9.17, 15) is 0 Å². The first kappa shape index (κ1) is 20.2. The maximum absolute atomic E-state index is 3.54. The Balaban J connectivity index is 1.16. The maximum Gasteiger partial charge on any atom is 0.0515 e. The molecule has 30 heavy (non-hydrogen) atoms. The van der Waals surface area contributed by atoms with Gasteiger partial charge >= 0.3 is 0 Å². The maximum atomic E-state index is 3.54. The highest BCUT2D eigenvalue weighted by Crippen LogP contribution is 2.29. The van der Waals surface area contributed by atoms with Gasteiger partial charge in [-0.3, -0.25) is 10.3 Å². The molecular weight excluding hydrogens is 368 g/mol. The van der Waals surface area contributed by atoms with E-state index in [1.54, 1.807) is 11.1 Å². The second kappa shape index (κ2) is 8.80. The van der Waals surface area contributed by atoms with Gasteiger partial charge in [-0.05, 0) is 74.0 Å². The van der Waals surface area contributed by atoms with Crippen LogP contribution in [0.3, 0.4) is 0 Å². The summed E-state index contributed by atoms with van der Waals surface area (Å²) in [4.78, 5) is 5.46. The summed E-state index contributed by atoms with van der Waals surface area (Å²) in [5.74, 6) is 0.630. The predicted octanol–water partition coefficient (Wildman–Crippen LogP) is 3.59. The summed E-state index contributed by atoms with van der Waals surface area (Å²) in [7, 11) is 0. The minimum atomic E-state index is 0.417. The van der Waals surface area contributed by atoms with Crippen molar-refractivity contribution in [3.63, 3.8) is 0 Å². The van der Waals surface area contributed by atoms with Crippen molar-refractivity contribution in [2.75, 3.05) is 32.7 Å². The molecule has 4 nitrogen and oxygen atoms in total. The number of hydrogen-bond donors (Lipinski definition) is 2. The monoisotopic (exact) mass is 404 g/mol. The van der Waals surface area contributed by atoms with Gasteiger partial charge in [0.1, 0.15) is 0 Å². The number of fused-ring (bicyclic) bond motifs is 1. The standard InChI is InChI=1S/C26H36N4/c1-19-7-8-22(15-20(19)2)26-24(16-27-28-26)17-29-12-10-25(11-13-29)30-14-9-21-5-3-4-6-23(21)18-30/h3-8,15,24-28H,9-14,16-18H2,1-2H3. The molecule has 2 saturated heterocycles. The van der Waals surface area contributed by atoms with E-state index in [1.807, 2.05) is 0 Å². The van der Waals surface area contributed by atoms with Crippen LogP contribution in [0.1, 0.15) is 46.7 Å². The summed E-state index contributed by atoms with van der Waals surface area (Å²) in [6.45, 7) is 11.5. The van der Waals surface area contributed by atoms with Crippen molar-refractivity contribution in [1.82, 2.24) is 20.7 Å². The SMILES string of the molecule is Cc1ccc(C2NNCC2CN2CCC(N3CCc4ccccc4C3)CC2)cc1C. The molecule has 0 aromatic heterocycles. The molecule has 3 heterocycles. The van der Waals surface area contributed by atoms with Crippen LogP contribution in [0.4, 0.5) is 0 Å². The lowest BCUT2D eigenvalue weighted by atomic mass is 9.91. The Morgan fingerprint density at radius 2 is 1.73 bits per heavy atom. The van der Waals surface area contributed by atoms with Crippen molar-refractivity contribution in [3.8, 4) is 0 Å². The first-order valence-corrected chi connectivity index (χ1v) is 11.8. The topological polar surface area (TPSA) is 30.5 Å². The molecule has 2 fully saturated rings. The summed E-state index contributed by atoms with van der Waals surface area (Å²) in [6, 6.07) is 17.1. The molecule has 0 saturated carbocycles. The van der Waals surface area contributed by atoms with Gasteiger partial charge in [-0.1, -0.05) is 42.5 Å². The van der Waals surface area contributed by atoms with E-state index in [2.05, 4.69) is 77.0 Å². The fraction of sp³-hybridized carbons (Fsp3) is 0.538.